The van der Waals surface area contributed by atoms with Gasteiger partial charge in [-0.2, -0.15) is 0 Å². The average molecular weight is 875 g/mol. The number of carbonyl (C=O) groups is 6. The molecule has 1 heterocycles. The number of Topliss-reactive ketones (excluding diaryl/α,β-unsaturated/α-hetero) is 2. The van der Waals surface area contributed by atoms with Crippen LogP contribution in [0.1, 0.15) is 106 Å². The zero-order valence-electron chi connectivity index (χ0n) is 37.7. The Morgan fingerprint density at radius 1 is 0.797 bits per heavy atom. The number of amides is 4. The number of nitrogens with one attached hydrogen (secondary N) is 2. The Labute approximate surface area is 375 Å². The van der Waals surface area contributed by atoms with E-state index < -0.39 is 59.9 Å². The number of aryl methyl sites for hydroxylation is 1. The van der Waals surface area contributed by atoms with E-state index in [1.807, 2.05) is 19.1 Å². The van der Waals surface area contributed by atoms with Gasteiger partial charge in [-0.15, -0.1) is 0 Å². The average Bonchev–Trinajstić information content (AvgIpc) is 3.27. The Morgan fingerprint density at radius 2 is 1.42 bits per heavy atom. The van der Waals surface area contributed by atoms with Crippen LogP contribution in [0.15, 0.2) is 84.9 Å². The lowest BCUT2D eigenvalue weighted by Gasteiger charge is -2.30. The molecule has 0 saturated heterocycles. The van der Waals surface area contributed by atoms with Crippen molar-refractivity contribution in [2.24, 2.45) is 5.92 Å². The number of hydrogen-bond donors (Lipinski definition) is 5. The molecule has 4 amide bonds. The van der Waals surface area contributed by atoms with E-state index in [0.717, 1.165) is 34.4 Å². The molecule has 5 atom stereocenters. The summed E-state index contributed by atoms with van der Waals surface area (Å²) in [5.41, 5.74) is 5.19. The fourth-order valence-electron chi connectivity index (χ4n) is 8.10. The maximum absolute atomic E-state index is 14.0. The number of phenolic OH excluding ortho intramolecular Hbond substituents is 2. The molecule has 340 valence electrons. The molecule has 64 heavy (non-hydrogen) atoms. The molecule has 4 bridgehead atoms. The summed E-state index contributed by atoms with van der Waals surface area (Å²) in [6.07, 6.45) is 5.41. The van der Waals surface area contributed by atoms with E-state index in [0.29, 0.717) is 23.1 Å². The van der Waals surface area contributed by atoms with Gasteiger partial charge in [-0.1, -0.05) is 81.6 Å². The maximum atomic E-state index is 14.0. The second-order valence-corrected chi connectivity index (χ2v) is 17.1. The van der Waals surface area contributed by atoms with Crippen LogP contribution in [0, 0.1) is 5.92 Å². The van der Waals surface area contributed by atoms with Crippen LogP contribution in [0.2, 0.25) is 0 Å². The molecular formula is C51H62N4O9. The summed E-state index contributed by atoms with van der Waals surface area (Å²) >= 11 is 0. The number of nitrogens with zero attached hydrogens (tertiary/aromatic N) is 2. The predicted molar refractivity (Wildman–Crippen MR) is 245 cm³/mol. The molecule has 0 aromatic heterocycles. The van der Waals surface area contributed by atoms with Crippen LogP contribution < -0.4 is 10.6 Å². The zero-order chi connectivity index (χ0) is 46.7. The number of phenols is 2. The summed E-state index contributed by atoms with van der Waals surface area (Å²) < 4.78 is 0. The first-order valence-corrected chi connectivity index (χ1v) is 22.2. The van der Waals surface area contributed by atoms with Crippen molar-refractivity contribution in [2.45, 2.75) is 110 Å². The molecule has 4 aromatic rings. The van der Waals surface area contributed by atoms with Gasteiger partial charge in [0.05, 0.1) is 12.6 Å². The molecule has 0 radical (unpaired) electrons. The van der Waals surface area contributed by atoms with Crippen molar-refractivity contribution in [1.29, 1.82) is 0 Å². The molecule has 0 spiro atoms. The van der Waals surface area contributed by atoms with Gasteiger partial charge < -0.3 is 35.8 Å². The van der Waals surface area contributed by atoms with Crippen molar-refractivity contribution < 1.29 is 44.1 Å². The largest absolute Gasteiger partial charge is 0.507 e. The first kappa shape index (κ1) is 48.7. The minimum atomic E-state index is -1.31. The summed E-state index contributed by atoms with van der Waals surface area (Å²) in [5.74, 6) is -4.13. The number of carbonyl (C=O) groups excluding carboxylic acids is 6. The molecule has 0 fully saturated rings. The summed E-state index contributed by atoms with van der Waals surface area (Å²) in [6.45, 7) is 6.38. The third-order valence-electron chi connectivity index (χ3n) is 12.1. The third kappa shape index (κ3) is 12.2. The topological polar surface area (TPSA) is 194 Å². The van der Waals surface area contributed by atoms with Gasteiger partial charge >= 0.3 is 0 Å². The predicted octanol–water partition coefficient (Wildman–Crippen LogP) is 6.70. The van der Waals surface area contributed by atoms with E-state index in [1.54, 1.807) is 31.2 Å². The van der Waals surface area contributed by atoms with Gasteiger partial charge in [0.2, 0.25) is 17.7 Å². The maximum Gasteiger partial charge on any atom is 0.254 e. The van der Waals surface area contributed by atoms with E-state index >= 15 is 0 Å². The summed E-state index contributed by atoms with van der Waals surface area (Å²) in [5, 5.41) is 37.4. The Hall–Kier alpha value is -6.34. The van der Waals surface area contributed by atoms with Crippen LogP contribution in [-0.4, -0.2) is 99.1 Å². The molecule has 1 aliphatic rings. The molecule has 0 aliphatic carbocycles. The van der Waals surface area contributed by atoms with Gasteiger partial charge in [0.25, 0.3) is 5.91 Å². The van der Waals surface area contributed by atoms with E-state index in [1.165, 1.54) is 75.0 Å². The fourth-order valence-corrected chi connectivity index (χ4v) is 8.10. The molecule has 13 heteroatoms. The van der Waals surface area contributed by atoms with Crippen LogP contribution in [0.3, 0.4) is 0 Å². The molecule has 0 saturated carbocycles. The highest BCUT2D eigenvalue weighted by atomic mass is 16.3. The normalized spacial score (nSPS) is 17.3. The molecule has 5 rings (SSSR count). The number of likely N-dealkylation sites (N-methyl/N-ethyl adjacent to an activating group) is 2. The zero-order valence-corrected chi connectivity index (χ0v) is 37.7. The van der Waals surface area contributed by atoms with Crippen LogP contribution >= 0.6 is 0 Å². The Morgan fingerprint density at radius 3 is 2.06 bits per heavy atom. The van der Waals surface area contributed by atoms with E-state index in [4.69, 9.17) is 0 Å². The van der Waals surface area contributed by atoms with Gasteiger partial charge in [-0.25, -0.2) is 0 Å². The Bertz CT molecular complexity index is 2310. The molecule has 13 nitrogen and oxygen atoms in total. The second-order valence-electron chi connectivity index (χ2n) is 17.1. The number of aliphatic hydroxyl groups is 1. The van der Waals surface area contributed by atoms with Crippen molar-refractivity contribution >= 4 is 35.2 Å². The number of fused-ring (bicyclic) bond motifs is 5. The van der Waals surface area contributed by atoms with E-state index in [2.05, 4.69) is 41.8 Å². The minimum Gasteiger partial charge on any atom is -0.507 e. The number of rotatable bonds is 16. The molecular weight excluding hydrogens is 813 g/mol. The van der Waals surface area contributed by atoms with E-state index in [-0.39, 0.29) is 48.3 Å². The van der Waals surface area contributed by atoms with Crippen LogP contribution in [-0.2, 0) is 36.8 Å². The lowest BCUT2D eigenvalue weighted by Crippen LogP contribution is -2.53. The first-order valence-electron chi connectivity index (χ1n) is 22.2. The van der Waals surface area contributed by atoms with Crippen molar-refractivity contribution in [3.63, 3.8) is 0 Å². The van der Waals surface area contributed by atoms with Gasteiger partial charge in [-0.3, -0.25) is 28.8 Å². The molecule has 5 N–H and O–H groups in total. The highest BCUT2D eigenvalue weighted by Crippen LogP contribution is 2.39. The second kappa shape index (κ2) is 22.3. The standard InChI is InChI=1S/C51H62N4O9/c1-7-8-9-10-11-34-12-15-36(16-13-34)37-17-19-38(20-18-37)51(64)54(5)42(30-56)50(63)53-33(4)43(57)24-25-47(61)55(6)48-39-21-23-45(59)41(29-39)40-28-35(14-22-44(40)58)27-32(3)52-49(62)31(2)26-46(48)60/h12-23,28-29,31-33,42,48,56,58-59H,7-11,24-27,30H2,1-6H3,(H,52,62)(H,53,63)/t31-,32-,33-,42-,48+/m1/s1. The number of hydrogen-bond acceptors (Lipinski definition) is 9. The quantitative estimate of drug-likeness (QED) is 0.0763. The molecule has 4 aromatic carbocycles. The molecule has 0 unspecified atom stereocenters. The number of ketones is 2. The van der Waals surface area contributed by atoms with Gasteiger partial charge in [-0.05, 0) is 97.3 Å². The Balaban J connectivity index is 1.22. The first-order chi connectivity index (χ1) is 30.5. The van der Waals surface area contributed by atoms with E-state index in [9.17, 15) is 44.1 Å². The van der Waals surface area contributed by atoms with Crippen molar-refractivity contribution in [2.75, 3.05) is 20.7 Å². The van der Waals surface area contributed by atoms with Crippen LogP contribution in [0.4, 0.5) is 0 Å². The third-order valence-corrected chi connectivity index (χ3v) is 12.1. The number of aromatic hydroxyl groups is 2. The smallest absolute Gasteiger partial charge is 0.254 e. The van der Waals surface area contributed by atoms with Crippen molar-refractivity contribution in [3.05, 3.63) is 107 Å². The Kier molecular flexibility index (Phi) is 17.0. The van der Waals surface area contributed by atoms with Gasteiger partial charge in [0, 0.05) is 62.0 Å². The monoisotopic (exact) mass is 874 g/mol. The minimum absolute atomic E-state index is 0.112. The lowest BCUT2D eigenvalue weighted by atomic mass is 9.90. The lowest BCUT2D eigenvalue weighted by molar-refractivity contribution is -0.140. The number of aliphatic hydroxyl groups excluding tert-OH is 1. The molecule has 1 aliphatic heterocycles. The highest BCUT2D eigenvalue weighted by Gasteiger charge is 2.33. The summed E-state index contributed by atoms with van der Waals surface area (Å²) in [7, 11) is 2.81. The van der Waals surface area contributed by atoms with Crippen molar-refractivity contribution in [1.82, 2.24) is 20.4 Å². The summed E-state index contributed by atoms with van der Waals surface area (Å²) in [6, 6.07) is 20.8. The van der Waals surface area contributed by atoms with Crippen molar-refractivity contribution in [3.8, 4) is 33.8 Å². The van der Waals surface area contributed by atoms with Gasteiger partial charge in [0.1, 0.15) is 23.6 Å². The number of unbranched alkanes of at least 4 members (excludes halogenated alkanes) is 3. The highest BCUT2D eigenvalue weighted by molar-refractivity contribution is 5.99. The van der Waals surface area contributed by atoms with Gasteiger partial charge in [0.15, 0.2) is 11.6 Å². The van der Waals surface area contributed by atoms with Crippen LogP contribution in [0.25, 0.3) is 22.3 Å². The fraction of sp³-hybridized carbons (Fsp3) is 0.412. The van der Waals surface area contributed by atoms with Crippen LogP contribution in [0.5, 0.6) is 11.5 Å². The SMILES string of the molecule is CCCCCCc1ccc(-c2ccc(C(=O)N(C)[C@H](CO)C(=O)N[C@H](C)C(=O)CCC(=O)N(C)[C@@H]3C(=O)C[C@@H](C)C(=O)N[C@H](C)Cc4ccc(O)c(c4)-c4cc3ccc4O)cc2)cc1. The number of benzene rings is 4. The summed E-state index contributed by atoms with van der Waals surface area (Å²) in [4.78, 5) is 83.5.